The van der Waals surface area contributed by atoms with Crippen molar-refractivity contribution < 1.29 is 0 Å². The lowest BCUT2D eigenvalue weighted by Gasteiger charge is -2.34. The quantitative estimate of drug-likeness (QED) is 0.858. The molecule has 1 aliphatic rings. The number of hydrogen-bond acceptors (Lipinski definition) is 3. The van der Waals surface area contributed by atoms with Gasteiger partial charge in [-0.2, -0.15) is 0 Å². The Labute approximate surface area is 123 Å². The SMILES string of the molecule is CCCNC(c1cc(C)cnc1N)C1CCC(C)CC1. The van der Waals surface area contributed by atoms with Crippen LogP contribution in [0.15, 0.2) is 12.3 Å². The van der Waals surface area contributed by atoms with Crippen molar-refractivity contribution in [3.8, 4) is 0 Å². The molecule has 0 aliphatic heterocycles. The van der Waals surface area contributed by atoms with Gasteiger partial charge in [0.1, 0.15) is 5.82 Å². The van der Waals surface area contributed by atoms with Crippen LogP contribution < -0.4 is 11.1 Å². The van der Waals surface area contributed by atoms with E-state index in [1.165, 1.54) is 36.8 Å². The van der Waals surface area contributed by atoms with Crippen LogP contribution in [0.3, 0.4) is 0 Å². The monoisotopic (exact) mass is 275 g/mol. The molecular weight excluding hydrogens is 246 g/mol. The summed E-state index contributed by atoms with van der Waals surface area (Å²) < 4.78 is 0. The van der Waals surface area contributed by atoms with Crippen molar-refractivity contribution in [1.29, 1.82) is 0 Å². The van der Waals surface area contributed by atoms with Crippen molar-refractivity contribution in [2.45, 2.75) is 58.9 Å². The minimum atomic E-state index is 0.370. The predicted octanol–water partition coefficient (Wildman–Crippen LogP) is 3.84. The van der Waals surface area contributed by atoms with E-state index in [0.717, 1.165) is 18.9 Å². The van der Waals surface area contributed by atoms with E-state index in [1.807, 2.05) is 6.20 Å². The number of nitrogens with one attached hydrogen (secondary N) is 1. The number of nitrogens with two attached hydrogens (primary N) is 1. The highest BCUT2D eigenvalue weighted by molar-refractivity contribution is 5.43. The van der Waals surface area contributed by atoms with Gasteiger partial charge in [-0.25, -0.2) is 4.98 Å². The van der Waals surface area contributed by atoms with Crippen molar-refractivity contribution in [3.63, 3.8) is 0 Å². The van der Waals surface area contributed by atoms with Crippen LogP contribution in [0.4, 0.5) is 5.82 Å². The fourth-order valence-electron chi connectivity index (χ4n) is 3.30. The van der Waals surface area contributed by atoms with Crippen LogP contribution in [-0.4, -0.2) is 11.5 Å². The topological polar surface area (TPSA) is 50.9 Å². The summed E-state index contributed by atoms with van der Waals surface area (Å²) in [5.74, 6) is 2.28. The Bertz CT molecular complexity index is 422. The highest BCUT2D eigenvalue weighted by atomic mass is 14.9. The second-order valence-corrected chi connectivity index (χ2v) is 6.44. The number of nitrogen functional groups attached to an aromatic ring is 1. The molecule has 20 heavy (non-hydrogen) atoms. The first-order chi connectivity index (χ1) is 9.61. The van der Waals surface area contributed by atoms with Gasteiger partial charge >= 0.3 is 0 Å². The van der Waals surface area contributed by atoms with Gasteiger partial charge in [0.15, 0.2) is 0 Å². The minimum Gasteiger partial charge on any atom is -0.383 e. The molecule has 0 radical (unpaired) electrons. The molecule has 0 spiro atoms. The van der Waals surface area contributed by atoms with E-state index >= 15 is 0 Å². The molecule has 112 valence electrons. The number of anilines is 1. The fraction of sp³-hybridized carbons (Fsp3) is 0.706. The number of aryl methyl sites for hydroxylation is 1. The molecule has 3 N–H and O–H groups in total. The van der Waals surface area contributed by atoms with Gasteiger partial charge in [-0.3, -0.25) is 0 Å². The van der Waals surface area contributed by atoms with Crippen molar-refractivity contribution in [3.05, 3.63) is 23.4 Å². The average molecular weight is 275 g/mol. The number of hydrogen-bond donors (Lipinski definition) is 2. The number of pyridine rings is 1. The molecule has 0 bridgehead atoms. The van der Waals surface area contributed by atoms with Crippen molar-refractivity contribution in [2.24, 2.45) is 11.8 Å². The van der Waals surface area contributed by atoms with Crippen LogP contribution >= 0.6 is 0 Å². The first kappa shape index (κ1) is 15.3. The Balaban J connectivity index is 2.20. The van der Waals surface area contributed by atoms with Gasteiger partial charge in [-0.05, 0) is 56.2 Å². The molecule has 1 aromatic heterocycles. The summed E-state index contributed by atoms with van der Waals surface area (Å²) in [6.07, 6.45) is 8.30. The van der Waals surface area contributed by atoms with Crippen LogP contribution in [0.1, 0.15) is 63.1 Å². The van der Waals surface area contributed by atoms with Gasteiger partial charge in [0.25, 0.3) is 0 Å². The van der Waals surface area contributed by atoms with Crippen LogP contribution in [0, 0.1) is 18.8 Å². The molecule has 1 aromatic rings. The first-order valence-corrected chi connectivity index (χ1v) is 8.07. The fourth-order valence-corrected chi connectivity index (χ4v) is 3.30. The Morgan fingerprint density at radius 2 is 2.05 bits per heavy atom. The summed E-state index contributed by atoms with van der Waals surface area (Å²) in [4.78, 5) is 4.36. The van der Waals surface area contributed by atoms with E-state index in [9.17, 15) is 0 Å². The molecular formula is C17H29N3. The van der Waals surface area contributed by atoms with Crippen molar-refractivity contribution in [1.82, 2.24) is 10.3 Å². The molecule has 1 fully saturated rings. The molecule has 1 aliphatic carbocycles. The van der Waals surface area contributed by atoms with Crippen LogP contribution in [0.5, 0.6) is 0 Å². The van der Waals surface area contributed by atoms with E-state index in [2.05, 4.69) is 37.1 Å². The maximum absolute atomic E-state index is 6.14. The Morgan fingerprint density at radius 3 is 2.70 bits per heavy atom. The Hall–Kier alpha value is -1.09. The minimum absolute atomic E-state index is 0.370. The summed E-state index contributed by atoms with van der Waals surface area (Å²) in [6, 6.07) is 2.59. The maximum atomic E-state index is 6.14. The van der Waals surface area contributed by atoms with Crippen LogP contribution in [-0.2, 0) is 0 Å². The van der Waals surface area contributed by atoms with Crippen LogP contribution in [0.25, 0.3) is 0 Å². The number of nitrogens with zero attached hydrogens (tertiary/aromatic N) is 1. The molecule has 0 aromatic carbocycles. The third-order valence-corrected chi connectivity index (χ3v) is 4.57. The van der Waals surface area contributed by atoms with Crippen molar-refractivity contribution in [2.75, 3.05) is 12.3 Å². The van der Waals surface area contributed by atoms with Gasteiger partial charge in [-0.15, -0.1) is 0 Å². The van der Waals surface area contributed by atoms with Gasteiger partial charge < -0.3 is 11.1 Å². The first-order valence-electron chi connectivity index (χ1n) is 8.07. The van der Waals surface area contributed by atoms with Gasteiger partial charge in [0, 0.05) is 17.8 Å². The zero-order chi connectivity index (χ0) is 14.5. The van der Waals surface area contributed by atoms with Gasteiger partial charge in [-0.1, -0.05) is 26.7 Å². The second-order valence-electron chi connectivity index (χ2n) is 6.44. The molecule has 1 atom stereocenters. The summed E-state index contributed by atoms with van der Waals surface area (Å²) >= 11 is 0. The molecule has 0 amide bonds. The lowest BCUT2D eigenvalue weighted by molar-refractivity contribution is 0.232. The molecule has 3 nitrogen and oxygen atoms in total. The summed E-state index contributed by atoms with van der Waals surface area (Å²) in [7, 11) is 0. The van der Waals surface area contributed by atoms with Crippen LogP contribution in [0.2, 0.25) is 0 Å². The summed E-state index contributed by atoms with van der Waals surface area (Å²) in [5.41, 5.74) is 8.55. The van der Waals surface area contributed by atoms with Gasteiger partial charge in [0.05, 0.1) is 0 Å². The summed E-state index contributed by atoms with van der Waals surface area (Å²) in [5, 5.41) is 3.72. The number of rotatable bonds is 5. The van der Waals surface area contributed by atoms with Gasteiger partial charge in [0.2, 0.25) is 0 Å². The van der Waals surface area contributed by atoms with E-state index < -0.39 is 0 Å². The third-order valence-electron chi connectivity index (χ3n) is 4.57. The molecule has 3 heteroatoms. The zero-order valence-electron chi connectivity index (χ0n) is 13.2. The van der Waals surface area contributed by atoms with Crippen molar-refractivity contribution >= 4 is 5.82 Å². The maximum Gasteiger partial charge on any atom is 0.128 e. The van der Waals surface area contributed by atoms with E-state index in [4.69, 9.17) is 5.73 Å². The smallest absolute Gasteiger partial charge is 0.128 e. The normalized spacial score (nSPS) is 24.6. The summed E-state index contributed by atoms with van der Waals surface area (Å²) in [6.45, 7) is 7.72. The largest absolute Gasteiger partial charge is 0.383 e. The predicted molar refractivity (Wildman–Crippen MR) is 85.5 cm³/mol. The van der Waals surface area contributed by atoms with E-state index in [1.54, 1.807) is 0 Å². The highest BCUT2D eigenvalue weighted by Crippen LogP contribution is 2.38. The standard InChI is InChI=1S/C17H29N3/c1-4-9-19-16(14-7-5-12(2)6-8-14)15-10-13(3)11-20-17(15)18/h10-12,14,16,19H,4-9H2,1-3H3,(H2,18,20). The highest BCUT2D eigenvalue weighted by Gasteiger charge is 2.28. The third kappa shape index (κ3) is 3.72. The average Bonchev–Trinajstić information content (AvgIpc) is 2.44. The molecule has 0 saturated heterocycles. The Kier molecular flexibility index (Phi) is 5.41. The van der Waals surface area contributed by atoms with E-state index in [0.29, 0.717) is 17.8 Å². The molecule has 1 heterocycles. The Morgan fingerprint density at radius 1 is 1.35 bits per heavy atom. The molecule has 2 rings (SSSR count). The van der Waals surface area contributed by atoms with E-state index in [-0.39, 0.29) is 0 Å². The lowest BCUT2D eigenvalue weighted by Crippen LogP contribution is -2.32. The molecule has 1 unspecified atom stereocenters. The zero-order valence-corrected chi connectivity index (χ0v) is 13.2. The number of aromatic nitrogens is 1. The molecule has 1 saturated carbocycles. The second kappa shape index (κ2) is 7.07. The lowest BCUT2D eigenvalue weighted by atomic mass is 9.77.